The predicted octanol–water partition coefficient (Wildman–Crippen LogP) is 3.56. The van der Waals surface area contributed by atoms with Crippen molar-refractivity contribution in [1.29, 1.82) is 5.26 Å². The Morgan fingerprint density at radius 2 is 1.88 bits per heavy atom. The van der Waals surface area contributed by atoms with Gasteiger partial charge < -0.3 is 15.0 Å². The Morgan fingerprint density at radius 1 is 1.20 bits per heavy atom. The van der Waals surface area contributed by atoms with Crippen molar-refractivity contribution in [2.45, 2.75) is 13.5 Å². The highest BCUT2D eigenvalue weighted by molar-refractivity contribution is 6.06. The zero-order valence-electron chi connectivity index (χ0n) is 14.4. The van der Waals surface area contributed by atoms with Crippen LogP contribution in [0.4, 0.5) is 5.69 Å². The summed E-state index contributed by atoms with van der Waals surface area (Å²) in [5.41, 5.74) is 1.79. The van der Waals surface area contributed by atoms with Crippen LogP contribution in [-0.4, -0.2) is 24.5 Å². The number of nitriles is 1. The van der Waals surface area contributed by atoms with Crippen LogP contribution in [0.1, 0.15) is 12.5 Å². The van der Waals surface area contributed by atoms with E-state index in [-0.39, 0.29) is 5.57 Å². The molecule has 2 rings (SSSR count). The van der Waals surface area contributed by atoms with Gasteiger partial charge in [-0.1, -0.05) is 30.3 Å². The highest BCUT2D eigenvalue weighted by Crippen LogP contribution is 2.16. The average molecular weight is 335 g/mol. The van der Waals surface area contributed by atoms with Crippen molar-refractivity contribution in [2.75, 3.05) is 19.0 Å². The molecule has 1 N–H and O–H groups in total. The lowest BCUT2D eigenvalue weighted by Crippen LogP contribution is -2.21. The highest BCUT2D eigenvalue weighted by Gasteiger charge is 2.11. The number of carbonyl (C=O) groups is 1. The van der Waals surface area contributed by atoms with E-state index in [4.69, 9.17) is 4.74 Å². The molecule has 0 atom stereocenters. The lowest BCUT2D eigenvalue weighted by molar-refractivity contribution is -0.112. The minimum absolute atomic E-state index is 0.0635. The van der Waals surface area contributed by atoms with Crippen LogP contribution in [-0.2, 0) is 11.3 Å². The van der Waals surface area contributed by atoms with Crippen LogP contribution in [0.3, 0.4) is 0 Å². The van der Waals surface area contributed by atoms with Crippen LogP contribution < -0.4 is 10.1 Å². The molecule has 2 aromatic rings. The maximum Gasteiger partial charge on any atom is 0.267 e. The van der Waals surface area contributed by atoms with Crippen molar-refractivity contribution in [1.82, 2.24) is 4.90 Å². The molecule has 0 spiro atoms. The summed E-state index contributed by atoms with van der Waals surface area (Å²) in [5, 5.41) is 12.1. The van der Waals surface area contributed by atoms with Gasteiger partial charge in [-0.15, -0.1) is 0 Å². The summed E-state index contributed by atoms with van der Waals surface area (Å²) in [6.07, 6.45) is 1.60. The molecule has 128 valence electrons. The number of rotatable bonds is 7. The Hall–Kier alpha value is -3.26. The normalized spacial score (nSPS) is 10.7. The van der Waals surface area contributed by atoms with Gasteiger partial charge in [0.15, 0.2) is 0 Å². The number of carbonyl (C=O) groups excluding carboxylic acids is 1. The molecule has 5 nitrogen and oxygen atoms in total. The molecule has 0 saturated heterocycles. The van der Waals surface area contributed by atoms with E-state index in [1.54, 1.807) is 37.6 Å². The quantitative estimate of drug-likeness (QED) is 0.620. The standard InChI is InChI=1S/C20H21N3O2/c1-3-23(14-16-7-5-4-6-8-16)15-17(13-21)20(24)22-18-9-11-19(25-2)12-10-18/h4-12,15H,3,14H2,1-2H3,(H,22,24)/b17-15-. The maximum atomic E-state index is 12.3. The summed E-state index contributed by atoms with van der Waals surface area (Å²) in [4.78, 5) is 14.3. The molecule has 0 heterocycles. The van der Waals surface area contributed by atoms with E-state index in [2.05, 4.69) is 5.32 Å². The number of methoxy groups -OCH3 is 1. The fraction of sp³-hybridized carbons (Fsp3) is 0.200. The van der Waals surface area contributed by atoms with Crippen LogP contribution in [0, 0.1) is 11.3 Å². The molecule has 0 unspecified atom stereocenters. The molecule has 2 aromatic carbocycles. The second-order valence-electron chi connectivity index (χ2n) is 5.39. The van der Waals surface area contributed by atoms with Gasteiger partial charge in [0.25, 0.3) is 5.91 Å². The van der Waals surface area contributed by atoms with E-state index in [0.29, 0.717) is 24.5 Å². The Bertz CT molecular complexity index is 762. The van der Waals surface area contributed by atoms with Crippen LogP contribution in [0.15, 0.2) is 66.4 Å². The first-order chi connectivity index (χ1) is 12.2. The van der Waals surface area contributed by atoms with E-state index in [9.17, 15) is 10.1 Å². The number of benzene rings is 2. The third kappa shape index (κ3) is 5.40. The maximum absolute atomic E-state index is 12.3. The molecule has 0 radical (unpaired) electrons. The minimum Gasteiger partial charge on any atom is -0.497 e. The van der Waals surface area contributed by atoms with Crippen molar-refractivity contribution < 1.29 is 9.53 Å². The molecule has 5 heteroatoms. The van der Waals surface area contributed by atoms with E-state index in [1.807, 2.05) is 48.2 Å². The van der Waals surface area contributed by atoms with E-state index in [0.717, 1.165) is 5.56 Å². The summed E-state index contributed by atoms with van der Waals surface area (Å²) in [5.74, 6) is 0.272. The minimum atomic E-state index is -0.431. The lowest BCUT2D eigenvalue weighted by atomic mass is 10.2. The highest BCUT2D eigenvalue weighted by atomic mass is 16.5. The summed E-state index contributed by atoms with van der Waals surface area (Å²) >= 11 is 0. The number of amides is 1. The number of hydrogen-bond donors (Lipinski definition) is 1. The number of anilines is 1. The van der Waals surface area contributed by atoms with Crippen molar-refractivity contribution in [3.05, 3.63) is 71.9 Å². The van der Waals surface area contributed by atoms with Crippen LogP contribution in [0.5, 0.6) is 5.75 Å². The summed E-state index contributed by atoms with van der Waals surface area (Å²) in [6.45, 7) is 3.31. The Balaban J connectivity index is 2.08. The molecule has 0 aliphatic carbocycles. The Labute approximate surface area is 148 Å². The summed E-state index contributed by atoms with van der Waals surface area (Å²) < 4.78 is 5.08. The van der Waals surface area contributed by atoms with E-state index < -0.39 is 5.91 Å². The molecule has 0 fully saturated rings. The smallest absolute Gasteiger partial charge is 0.267 e. The van der Waals surface area contributed by atoms with Gasteiger partial charge in [-0.05, 0) is 36.8 Å². The van der Waals surface area contributed by atoms with E-state index in [1.165, 1.54) is 0 Å². The van der Waals surface area contributed by atoms with Gasteiger partial charge >= 0.3 is 0 Å². The third-order valence-corrected chi connectivity index (χ3v) is 3.66. The zero-order chi connectivity index (χ0) is 18.1. The van der Waals surface area contributed by atoms with Crippen molar-refractivity contribution >= 4 is 11.6 Å². The monoisotopic (exact) mass is 335 g/mol. The Morgan fingerprint density at radius 3 is 2.44 bits per heavy atom. The molecule has 25 heavy (non-hydrogen) atoms. The second kappa shape index (κ2) is 9.14. The number of nitrogens with zero attached hydrogens (tertiary/aromatic N) is 2. The summed E-state index contributed by atoms with van der Waals surface area (Å²) in [7, 11) is 1.58. The van der Waals surface area contributed by atoms with Crippen LogP contribution in [0.25, 0.3) is 0 Å². The van der Waals surface area contributed by atoms with Crippen molar-refractivity contribution in [3.8, 4) is 11.8 Å². The molecular formula is C20H21N3O2. The van der Waals surface area contributed by atoms with Crippen LogP contribution in [0.2, 0.25) is 0 Å². The SMILES string of the molecule is CCN(/C=C(/C#N)C(=O)Nc1ccc(OC)cc1)Cc1ccccc1. The molecule has 0 saturated carbocycles. The molecule has 1 amide bonds. The first-order valence-electron chi connectivity index (χ1n) is 8.01. The molecule has 0 aromatic heterocycles. The van der Waals surface area contributed by atoms with Gasteiger partial charge in [-0.3, -0.25) is 4.79 Å². The molecular weight excluding hydrogens is 314 g/mol. The van der Waals surface area contributed by atoms with Crippen molar-refractivity contribution in [2.24, 2.45) is 0 Å². The fourth-order valence-corrected chi connectivity index (χ4v) is 2.26. The van der Waals surface area contributed by atoms with Gasteiger partial charge in [0.2, 0.25) is 0 Å². The molecule has 0 bridgehead atoms. The summed E-state index contributed by atoms with van der Waals surface area (Å²) in [6, 6.07) is 18.9. The van der Waals surface area contributed by atoms with Crippen LogP contribution >= 0.6 is 0 Å². The number of ether oxygens (including phenoxy) is 1. The Kier molecular flexibility index (Phi) is 6.61. The van der Waals surface area contributed by atoms with Crippen molar-refractivity contribution in [3.63, 3.8) is 0 Å². The van der Waals surface area contributed by atoms with Gasteiger partial charge in [0, 0.05) is 25.0 Å². The van der Waals surface area contributed by atoms with Gasteiger partial charge in [0.1, 0.15) is 17.4 Å². The second-order valence-corrected chi connectivity index (χ2v) is 5.39. The first kappa shape index (κ1) is 18.1. The van der Waals surface area contributed by atoms with E-state index >= 15 is 0 Å². The predicted molar refractivity (Wildman–Crippen MR) is 97.8 cm³/mol. The largest absolute Gasteiger partial charge is 0.497 e. The van der Waals surface area contributed by atoms with Gasteiger partial charge in [-0.2, -0.15) is 5.26 Å². The van der Waals surface area contributed by atoms with Gasteiger partial charge in [0.05, 0.1) is 7.11 Å². The third-order valence-electron chi connectivity index (χ3n) is 3.66. The number of hydrogen-bond acceptors (Lipinski definition) is 4. The average Bonchev–Trinajstić information content (AvgIpc) is 2.66. The fourth-order valence-electron chi connectivity index (χ4n) is 2.26. The first-order valence-corrected chi connectivity index (χ1v) is 8.01. The molecule has 0 aliphatic rings. The number of nitrogens with one attached hydrogen (secondary N) is 1. The van der Waals surface area contributed by atoms with Gasteiger partial charge in [-0.25, -0.2) is 0 Å². The lowest BCUT2D eigenvalue weighted by Gasteiger charge is -2.19. The zero-order valence-corrected chi connectivity index (χ0v) is 14.4. The topological polar surface area (TPSA) is 65.4 Å². The molecule has 0 aliphatic heterocycles.